The molecule has 0 aliphatic heterocycles. The van der Waals surface area contributed by atoms with Gasteiger partial charge in [-0.05, 0) is 29.5 Å². The molecule has 2 rings (SSSR count). The van der Waals surface area contributed by atoms with Crippen LogP contribution in [0.25, 0.3) is 0 Å². The normalized spacial score (nSPS) is 12.7. The summed E-state index contributed by atoms with van der Waals surface area (Å²) < 4.78 is 30.8. The van der Waals surface area contributed by atoms with E-state index in [1.54, 1.807) is 6.92 Å². The first-order valence-corrected chi connectivity index (χ1v) is 11.8. The van der Waals surface area contributed by atoms with Gasteiger partial charge in [0.05, 0.1) is 24.3 Å². The number of carbonyl (C=O) groups is 1. The number of ether oxygens (including phenoxy) is 1. The lowest BCUT2D eigenvalue weighted by molar-refractivity contribution is -0.384. The van der Waals surface area contributed by atoms with Gasteiger partial charge in [-0.25, -0.2) is 8.42 Å². The molecule has 0 aliphatic rings. The maximum absolute atomic E-state index is 12.7. The Hall–Kier alpha value is -3.14. The highest BCUT2D eigenvalue weighted by Gasteiger charge is 2.27. The van der Waals surface area contributed by atoms with Crippen LogP contribution in [-0.2, 0) is 20.2 Å². The third-order valence-corrected chi connectivity index (χ3v) is 6.11. The van der Waals surface area contributed by atoms with Gasteiger partial charge in [-0.1, -0.05) is 45.0 Å². The molecule has 0 bridgehead atoms. The Morgan fingerprint density at radius 2 is 1.78 bits per heavy atom. The Labute approximate surface area is 188 Å². The van der Waals surface area contributed by atoms with Crippen LogP contribution in [0.2, 0.25) is 0 Å². The molecular formula is C22H29N3O6S. The van der Waals surface area contributed by atoms with E-state index >= 15 is 0 Å². The zero-order chi connectivity index (χ0) is 24.3. The molecule has 0 radical (unpaired) electrons. The molecule has 2 aromatic carbocycles. The molecular weight excluding hydrogens is 434 g/mol. The number of carbonyl (C=O) groups excluding carboxylic acids is 1. The minimum Gasteiger partial charge on any atom is -0.495 e. The van der Waals surface area contributed by atoms with Crippen LogP contribution in [0.5, 0.6) is 5.75 Å². The van der Waals surface area contributed by atoms with Crippen LogP contribution in [0.3, 0.4) is 0 Å². The predicted octanol–water partition coefficient (Wildman–Crippen LogP) is 3.54. The molecule has 1 N–H and O–H groups in total. The lowest BCUT2D eigenvalue weighted by Crippen LogP contribution is -2.41. The number of sulfonamides is 1. The smallest absolute Gasteiger partial charge is 0.271 e. The van der Waals surface area contributed by atoms with Crippen LogP contribution >= 0.6 is 0 Å². The van der Waals surface area contributed by atoms with Gasteiger partial charge in [0, 0.05) is 12.1 Å². The van der Waals surface area contributed by atoms with Crippen molar-refractivity contribution in [1.29, 1.82) is 0 Å². The second-order valence-corrected chi connectivity index (χ2v) is 10.5. The standard InChI is InChI=1S/C22H29N3O6S/c1-15(16-7-9-17(10-8-16)22(2,3)4)23-21(26)14-24(32(6,29)30)19-13-18(25(27)28)11-12-20(19)31-5/h7-13,15H,14H2,1-6H3,(H,23,26)/t15-/m0/s1. The van der Waals surface area contributed by atoms with Crippen molar-refractivity contribution in [2.75, 3.05) is 24.2 Å². The first kappa shape index (κ1) is 25.1. The molecule has 0 heterocycles. The Balaban J connectivity index is 2.26. The third-order valence-electron chi connectivity index (χ3n) is 4.98. The third kappa shape index (κ3) is 6.19. The van der Waals surface area contributed by atoms with Crippen molar-refractivity contribution in [2.24, 2.45) is 0 Å². The number of nitrogens with zero attached hydrogens (tertiary/aromatic N) is 2. The van der Waals surface area contributed by atoms with E-state index in [1.807, 2.05) is 24.3 Å². The van der Waals surface area contributed by atoms with Crippen molar-refractivity contribution >= 4 is 27.3 Å². The summed E-state index contributed by atoms with van der Waals surface area (Å²) >= 11 is 0. The number of anilines is 1. The molecule has 0 spiro atoms. The summed E-state index contributed by atoms with van der Waals surface area (Å²) in [5, 5.41) is 13.9. The van der Waals surface area contributed by atoms with Crippen molar-refractivity contribution in [1.82, 2.24) is 5.32 Å². The molecule has 174 valence electrons. The minimum atomic E-state index is -3.94. The zero-order valence-electron chi connectivity index (χ0n) is 19.1. The van der Waals surface area contributed by atoms with Gasteiger partial charge in [0.25, 0.3) is 5.69 Å². The van der Waals surface area contributed by atoms with Gasteiger partial charge in [0.2, 0.25) is 15.9 Å². The maximum atomic E-state index is 12.7. The van der Waals surface area contributed by atoms with Crippen molar-refractivity contribution in [3.63, 3.8) is 0 Å². The largest absolute Gasteiger partial charge is 0.495 e. The summed E-state index contributed by atoms with van der Waals surface area (Å²) in [4.78, 5) is 23.2. The van der Waals surface area contributed by atoms with Gasteiger partial charge in [-0.2, -0.15) is 0 Å². The van der Waals surface area contributed by atoms with E-state index in [1.165, 1.54) is 19.2 Å². The van der Waals surface area contributed by atoms with Gasteiger partial charge in [-0.3, -0.25) is 19.2 Å². The molecule has 1 amide bonds. The van der Waals surface area contributed by atoms with E-state index in [4.69, 9.17) is 4.74 Å². The van der Waals surface area contributed by atoms with Crippen molar-refractivity contribution in [2.45, 2.75) is 39.2 Å². The Kier molecular flexibility index (Phi) is 7.50. The first-order valence-electron chi connectivity index (χ1n) is 9.94. The number of nitro benzene ring substituents is 1. The van der Waals surface area contributed by atoms with Crippen LogP contribution in [0.4, 0.5) is 11.4 Å². The minimum absolute atomic E-state index is 0.00163. The number of methoxy groups -OCH3 is 1. The fraction of sp³-hybridized carbons (Fsp3) is 0.409. The summed E-state index contributed by atoms with van der Waals surface area (Å²) in [6.07, 6.45) is 0.924. The van der Waals surface area contributed by atoms with Crippen LogP contribution in [0, 0.1) is 10.1 Å². The SMILES string of the molecule is COc1ccc([N+](=O)[O-])cc1N(CC(=O)N[C@@H](C)c1ccc(C(C)(C)C)cc1)S(C)(=O)=O. The quantitative estimate of drug-likeness (QED) is 0.472. The van der Waals surface area contributed by atoms with Crippen LogP contribution in [0.15, 0.2) is 42.5 Å². The molecule has 0 saturated carbocycles. The fourth-order valence-electron chi connectivity index (χ4n) is 3.14. The summed E-state index contributed by atoms with van der Waals surface area (Å²) in [6, 6.07) is 11.0. The van der Waals surface area contributed by atoms with Gasteiger partial charge in [0.1, 0.15) is 18.0 Å². The van der Waals surface area contributed by atoms with Gasteiger partial charge >= 0.3 is 0 Å². The number of nitrogens with one attached hydrogen (secondary N) is 1. The van der Waals surface area contributed by atoms with E-state index in [0.29, 0.717) is 0 Å². The Morgan fingerprint density at radius 1 is 1.19 bits per heavy atom. The van der Waals surface area contributed by atoms with Gasteiger partial charge in [-0.15, -0.1) is 0 Å². The zero-order valence-corrected chi connectivity index (χ0v) is 19.9. The number of hydrogen-bond donors (Lipinski definition) is 1. The molecule has 0 aliphatic carbocycles. The molecule has 0 saturated heterocycles. The highest BCUT2D eigenvalue weighted by molar-refractivity contribution is 7.92. The second kappa shape index (κ2) is 9.56. The summed E-state index contributed by atoms with van der Waals surface area (Å²) in [6.45, 7) is 7.56. The lowest BCUT2D eigenvalue weighted by Gasteiger charge is -2.25. The number of rotatable bonds is 8. The molecule has 2 aromatic rings. The molecule has 10 heteroatoms. The van der Waals surface area contributed by atoms with E-state index in [0.717, 1.165) is 27.8 Å². The highest BCUT2D eigenvalue weighted by atomic mass is 32.2. The van der Waals surface area contributed by atoms with Crippen LogP contribution in [-0.4, -0.2) is 39.2 Å². The monoisotopic (exact) mass is 463 g/mol. The number of benzene rings is 2. The van der Waals surface area contributed by atoms with Crippen molar-refractivity contribution < 1.29 is 22.9 Å². The number of amides is 1. The Bertz CT molecular complexity index is 1090. The molecule has 0 unspecified atom stereocenters. The second-order valence-electron chi connectivity index (χ2n) is 8.54. The average molecular weight is 464 g/mol. The fourth-order valence-corrected chi connectivity index (χ4v) is 3.99. The summed E-state index contributed by atoms with van der Waals surface area (Å²) in [5.74, 6) is -0.462. The molecule has 0 aromatic heterocycles. The lowest BCUT2D eigenvalue weighted by atomic mass is 9.86. The van der Waals surface area contributed by atoms with E-state index in [9.17, 15) is 23.3 Å². The predicted molar refractivity (Wildman–Crippen MR) is 124 cm³/mol. The van der Waals surface area contributed by atoms with Gasteiger partial charge < -0.3 is 10.1 Å². The molecule has 1 atom stereocenters. The topological polar surface area (TPSA) is 119 Å². The highest BCUT2D eigenvalue weighted by Crippen LogP contribution is 2.33. The average Bonchev–Trinajstić information content (AvgIpc) is 2.70. The van der Waals surface area contributed by atoms with Crippen molar-refractivity contribution in [3.05, 3.63) is 63.7 Å². The Morgan fingerprint density at radius 3 is 2.25 bits per heavy atom. The summed E-state index contributed by atoms with van der Waals surface area (Å²) in [7, 11) is -2.63. The first-order chi connectivity index (χ1) is 14.7. The van der Waals surface area contributed by atoms with E-state index < -0.39 is 27.4 Å². The number of hydrogen-bond acceptors (Lipinski definition) is 6. The molecule has 32 heavy (non-hydrogen) atoms. The van der Waals surface area contributed by atoms with Crippen LogP contribution < -0.4 is 14.4 Å². The maximum Gasteiger partial charge on any atom is 0.271 e. The number of non-ortho nitro benzene ring substituents is 1. The number of nitro groups is 1. The van der Waals surface area contributed by atoms with Gasteiger partial charge in [0.15, 0.2) is 0 Å². The summed E-state index contributed by atoms with van der Waals surface area (Å²) in [5.41, 5.74) is 1.62. The van der Waals surface area contributed by atoms with E-state index in [-0.39, 0.29) is 28.6 Å². The van der Waals surface area contributed by atoms with Crippen molar-refractivity contribution in [3.8, 4) is 5.75 Å². The molecule has 0 fully saturated rings. The molecule has 9 nitrogen and oxygen atoms in total. The van der Waals surface area contributed by atoms with E-state index in [2.05, 4.69) is 26.1 Å². The van der Waals surface area contributed by atoms with Crippen LogP contribution in [0.1, 0.15) is 44.9 Å².